The van der Waals surface area contributed by atoms with E-state index in [9.17, 15) is 18.0 Å². The summed E-state index contributed by atoms with van der Waals surface area (Å²) in [7, 11) is 0. The van der Waals surface area contributed by atoms with Crippen LogP contribution in [0.3, 0.4) is 0 Å². The summed E-state index contributed by atoms with van der Waals surface area (Å²) in [4.78, 5) is 21.0. The molecule has 1 aromatic carbocycles. The largest absolute Gasteiger partial charge is 0.492 e. The van der Waals surface area contributed by atoms with E-state index in [0.29, 0.717) is 41.8 Å². The average Bonchev–Trinajstić information content (AvgIpc) is 3.57. The Labute approximate surface area is 217 Å². The van der Waals surface area contributed by atoms with Crippen LogP contribution in [0.15, 0.2) is 48.7 Å². The monoisotopic (exact) mass is 533 g/mol. The number of ether oxygens (including phenoxy) is 1. The zero-order valence-electron chi connectivity index (χ0n) is 20.3. The average molecular weight is 534 g/mol. The van der Waals surface area contributed by atoms with Crippen LogP contribution >= 0.6 is 11.6 Å². The molecule has 7 nitrogen and oxygen atoms in total. The van der Waals surface area contributed by atoms with Crippen LogP contribution in [0, 0.1) is 12.3 Å². The maximum absolute atomic E-state index is 13.4. The van der Waals surface area contributed by atoms with Crippen molar-refractivity contribution in [3.8, 4) is 5.75 Å². The number of halogens is 4. The summed E-state index contributed by atoms with van der Waals surface area (Å²) < 4.78 is 47.4. The van der Waals surface area contributed by atoms with Gasteiger partial charge in [-0.05, 0) is 50.1 Å². The molecule has 0 unspecified atom stereocenters. The zero-order chi connectivity index (χ0) is 26.2. The number of anilines is 1. The minimum atomic E-state index is -4.29. The van der Waals surface area contributed by atoms with Crippen molar-refractivity contribution < 1.29 is 22.7 Å². The fourth-order valence-corrected chi connectivity index (χ4v) is 4.65. The molecule has 0 spiro atoms. The Kier molecular flexibility index (Phi) is 6.89. The molecule has 0 atom stereocenters. The van der Waals surface area contributed by atoms with E-state index in [0.717, 1.165) is 11.4 Å². The number of carbonyl (C=O) groups excluding carboxylic acids is 1. The number of rotatable bonds is 8. The second-order valence-electron chi connectivity index (χ2n) is 9.70. The maximum atomic E-state index is 13.4. The third-order valence-corrected chi connectivity index (χ3v) is 7.19. The number of alkyl halides is 3. The number of hydrogen-bond donors (Lipinski definition) is 0. The zero-order valence-corrected chi connectivity index (χ0v) is 21.1. The summed E-state index contributed by atoms with van der Waals surface area (Å²) in [5, 5.41) is 5.08. The lowest BCUT2D eigenvalue weighted by Gasteiger charge is -2.32. The Bertz CT molecular complexity index is 1280. The van der Waals surface area contributed by atoms with E-state index in [1.165, 1.54) is 0 Å². The van der Waals surface area contributed by atoms with Gasteiger partial charge in [0.25, 0.3) is 0 Å². The van der Waals surface area contributed by atoms with Crippen molar-refractivity contribution in [3.63, 3.8) is 0 Å². The number of carbonyl (C=O) groups is 1. The van der Waals surface area contributed by atoms with Gasteiger partial charge in [0, 0.05) is 48.2 Å². The minimum absolute atomic E-state index is 0.0551. The standard InChI is InChI=1S/C26H27ClF3N5O2/c1-18-12-23(34-11-10-33(16-24(34)36)15-21-4-2-3-9-31-21)32-35(18)14-19-13-20(27)5-6-22(19)37-17-25(7-8-25)26(28,29)30/h2-6,9,12-13H,7-8,10-11,14-17H2,1H3. The van der Waals surface area contributed by atoms with Crippen molar-refractivity contribution >= 4 is 23.3 Å². The predicted molar refractivity (Wildman–Crippen MR) is 133 cm³/mol. The van der Waals surface area contributed by atoms with Gasteiger partial charge in [-0.25, -0.2) is 0 Å². The van der Waals surface area contributed by atoms with Crippen LogP contribution < -0.4 is 9.64 Å². The molecule has 0 N–H and O–H groups in total. The Morgan fingerprint density at radius 3 is 2.59 bits per heavy atom. The van der Waals surface area contributed by atoms with E-state index in [2.05, 4.69) is 10.1 Å². The molecule has 1 saturated heterocycles. The highest BCUT2D eigenvalue weighted by Crippen LogP contribution is 2.57. The molecule has 5 rings (SSSR count). The molecular formula is C26H27ClF3N5O2. The van der Waals surface area contributed by atoms with Crippen LogP contribution in [-0.4, -0.2) is 58.0 Å². The van der Waals surface area contributed by atoms with Gasteiger partial charge in [0.15, 0.2) is 5.82 Å². The number of nitrogens with zero attached hydrogens (tertiary/aromatic N) is 5. The van der Waals surface area contributed by atoms with Crippen LogP contribution in [-0.2, 0) is 17.9 Å². The fourth-order valence-electron chi connectivity index (χ4n) is 4.45. The van der Waals surface area contributed by atoms with Gasteiger partial charge in [-0.2, -0.15) is 18.3 Å². The van der Waals surface area contributed by atoms with Gasteiger partial charge in [-0.1, -0.05) is 17.7 Å². The molecule has 1 saturated carbocycles. The van der Waals surface area contributed by atoms with Crippen LogP contribution in [0.5, 0.6) is 5.75 Å². The summed E-state index contributed by atoms with van der Waals surface area (Å²) in [6, 6.07) is 12.4. The number of benzene rings is 1. The second kappa shape index (κ2) is 9.98. The van der Waals surface area contributed by atoms with E-state index >= 15 is 0 Å². The van der Waals surface area contributed by atoms with Gasteiger partial charge in [0.2, 0.25) is 5.91 Å². The Morgan fingerprint density at radius 1 is 1.11 bits per heavy atom. The molecule has 196 valence electrons. The number of hydrogen-bond acceptors (Lipinski definition) is 5. The summed E-state index contributed by atoms with van der Waals surface area (Å²) in [6.07, 6.45) is -2.41. The van der Waals surface area contributed by atoms with Gasteiger partial charge in [0.1, 0.15) is 17.8 Å². The molecule has 0 radical (unpaired) electrons. The summed E-state index contributed by atoms with van der Waals surface area (Å²) in [5.41, 5.74) is 0.567. The molecule has 2 aromatic heterocycles. The molecule has 2 fully saturated rings. The molecule has 37 heavy (non-hydrogen) atoms. The third-order valence-electron chi connectivity index (χ3n) is 6.96. The molecule has 1 aliphatic heterocycles. The van der Waals surface area contributed by atoms with Crippen molar-refractivity contribution in [1.82, 2.24) is 19.7 Å². The normalized spacial score (nSPS) is 17.8. The summed E-state index contributed by atoms with van der Waals surface area (Å²) in [6.45, 7) is 3.72. The number of amides is 1. The molecule has 0 bridgehead atoms. The van der Waals surface area contributed by atoms with E-state index in [-0.39, 0.29) is 31.8 Å². The molecule has 11 heteroatoms. The minimum Gasteiger partial charge on any atom is -0.492 e. The summed E-state index contributed by atoms with van der Waals surface area (Å²) >= 11 is 6.19. The molecule has 1 amide bonds. The topological polar surface area (TPSA) is 63.5 Å². The van der Waals surface area contributed by atoms with Crippen LogP contribution in [0.2, 0.25) is 5.02 Å². The molecule has 2 aliphatic rings. The van der Waals surface area contributed by atoms with Gasteiger partial charge in [-0.3, -0.25) is 24.3 Å². The first kappa shape index (κ1) is 25.5. The molecular weight excluding hydrogens is 507 g/mol. The quantitative estimate of drug-likeness (QED) is 0.414. The van der Waals surface area contributed by atoms with Gasteiger partial charge in [0.05, 0.1) is 18.8 Å². The molecule has 1 aliphatic carbocycles. The second-order valence-corrected chi connectivity index (χ2v) is 10.1. The first-order chi connectivity index (χ1) is 17.6. The number of aryl methyl sites for hydroxylation is 1. The Balaban J connectivity index is 1.27. The summed E-state index contributed by atoms with van der Waals surface area (Å²) in [5.74, 6) is 0.828. The number of pyridine rings is 1. The number of piperazine rings is 1. The highest BCUT2D eigenvalue weighted by atomic mass is 35.5. The van der Waals surface area contributed by atoms with Crippen molar-refractivity contribution in [1.29, 1.82) is 0 Å². The van der Waals surface area contributed by atoms with Crippen LogP contribution in [0.1, 0.15) is 29.8 Å². The predicted octanol–water partition coefficient (Wildman–Crippen LogP) is 4.86. The number of aromatic nitrogens is 3. The maximum Gasteiger partial charge on any atom is 0.397 e. The van der Waals surface area contributed by atoms with Crippen LogP contribution in [0.25, 0.3) is 0 Å². The van der Waals surface area contributed by atoms with E-state index < -0.39 is 18.2 Å². The van der Waals surface area contributed by atoms with Gasteiger partial charge in [-0.15, -0.1) is 0 Å². The van der Waals surface area contributed by atoms with Crippen LogP contribution in [0.4, 0.5) is 19.0 Å². The van der Waals surface area contributed by atoms with E-state index in [1.54, 1.807) is 34.0 Å². The van der Waals surface area contributed by atoms with Crippen molar-refractivity contribution in [2.75, 3.05) is 31.1 Å². The first-order valence-corrected chi connectivity index (χ1v) is 12.5. The van der Waals surface area contributed by atoms with Gasteiger partial charge >= 0.3 is 6.18 Å². The molecule has 3 heterocycles. The van der Waals surface area contributed by atoms with Crippen molar-refractivity contribution in [2.45, 2.75) is 39.0 Å². The lowest BCUT2D eigenvalue weighted by Crippen LogP contribution is -2.50. The van der Waals surface area contributed by atoms with E-state index in [4.69, 9.17) is 16.3 Å². The van der Waals surface area contributed by atoms with Gasteiger partial charge < -0.3 is 4.74 Å². The Morgan fingerprint density at radius 2 is 1.92 bits per heavy atom. The Hall–Kier alpha value is -3.11. The SMILES string of the molecule is Cc1cc(N2CCN(Cc3ccccn3)CC2=O)nn1Cc1cc(Cl)ccc1OCC1(C(F)(F)F)CC1. The smallest absolute Gasteiger partial charge is 0.397 e. The third kappa shape index (κ3) is 5.60. The highest BCUT2D eigenvalue weighted by Gasteiger charge is 2.63. The fraction of sp³-hybridized carbons (Fsp3) is 0.423. The van der Waals surface area contributed by atoms with Crippen molar-refractivity contribution in [2.24, 2.45) is 5.41 Å². The lowest BCUT2D eigenvalue weighted by molar-refractivity contribution is -0.194. The molecule has 3 aromatic rings. The first-order valence-electron chi connectivity index (χ1n) is 12.1. The highest BCUT2D eigenvalue weighted by molar-refractivity contribution is 6.30. The lowest BCUT2D eigenvalue weighted by atomic mass is 10.1. The van der Waals surface area contributed by atoms with Crippen molar-refractivity contribution in [3.05, 3.63) is 70.6 Å². The van der Waals surface area contributed by atoms with E-state index in [1.807, 2.05) is 36.1 Å².